The van der Waals surface area contributed by atoms with Crippen molar-refractivity contribution in [2.24, 2.45) is 18.9 Å². The highest BCUT2D eigenvalue weighted by Gasteiger charge is 2.51. The zero-order valence-electron chi connectivity index (χ0n) is 35.8. The lowest BCUT2D eigenvalue weighted by Crippen LogP contribution is -2.44. The Labute approximate surface area is 376 Å². The third-order valence-corrected chi connectivity index (χ3v) is 14.7. The second-order valence-corrected chi connectivity index (χ2v) is 19.3. The Bertz CT molecular complexity index is 2810. The molecule has 6 aliphatic rings. The first-order valence-electron chi connectivity index (χ1n) is 22.8. The number of hydrogen-bond acceptors (Lipinski definition) is 11. The topological polar surface area (TPSA) is 152 Å². The maximum Gasteiger partial charge on any atom is 0.301 e. The van der Waals surface area contributed by atoms with Crippen LogP contribution in [-0.4, -0.2) is 92.3 Å². The maximum absolute atomic E-state index is 16.2. The van der Waals surface area contributed by atoms with E-state index in [2.05, 4.69) is 35.8 Å². The highest BCUT2D eigenvalue weighted by Crippen LogP contribution is 2.48. The van der Waals surface area contributed by atoms with E-state index >= 15 is 17.6 Å². The van der Waals surface area contributed by atoms with Crippen LogP contribution >= 0.6 is 11.6 Å². The molecule has 0 radical (unpaired) electrons. The molecule has 0 bridgehead atoms. The predicted octanol–water partition coefficient (Wildman–Crippen LogP) is 7.52. The molecule has 3 saturated heterocycles. The van der Waals surface area contributed by atoms with Crippen LogP contribution in [0.1, 0.15) is 93.3 Å². The molecule has 2 atom stereocenters. The lowest BCUT2D eigenvalue weighted by atomic mass is 9.86. The number of halogens is 5. The Hall–Kier alpha value is -5.49. The number of carbonyl (C=O) groups excluding carboxylic acids is 2. The van der Waals surface area contributed by atoms with Crippen LogP contribution in [0.5, 0.6) is 5.75 Å². The standard InChI is InChI=1S/C46H49ClF4N10O4/c1-58-39-28(37(57-58)29-8-9-35(62)54-43(29)63)7-6-27(36(39)49)24-12-14-59(15-13-24)21-23-10-16-60(17-11-23)45-52-20-31(47)42(56-45)53-33-18-30-34(19-32(33)48)61(26-4-5-26)44(64)40-38(30)55-41(25-2-3-25)46(50,51)22-65-40/h6-7,18-20,23-26,29,41,55H,2-5,8-17,21-22H2,1H3,(H,52,53,56)(H,54,62,63). The van der Waals surface area contributed by atoms with Crippen LogP contribution in [0.15, 0.2) is 35.3 Å². The number of pyridine rings is 1. The molecule has 3 N–H and O–H groups in total. The molecule has 3 aromatic heterocycles. The first-order chi connectivity index (χ1) is 31.3. The lowest BCUT2D eigenvalue weighted by molar-refractivity contribution is -0.134. The largest absolute Gasteiger partial charge is 0.480 e. The van der Waals surface area contributed by atoms with Crippen molar-refractivity contribution in [1.29, 1.82) is 0 Å². The van der Waals surface area contributed by atoms with E-state index in [4.69, 9.17) is 21.3 Å². The number of aryl methyl sites for hydroxylation is 1. The summed E-state index contributed by atoms with van der Waals surface area (Å²) in [6.07, 6.45) is 8.19. The number of nitrogens with one attached hydrogen (secondary N) is 3. The van der Waals surface area contributed by atoms with Gasteiger partial charge < -0.3 is 29.7 Å². The van der Waals surface area contributed by atoms with Gasteiger partial charge in [-0.3, -0.25) is 24.4 Å². The van der Waals surface area contributed by atoms with Crippen LogP contribution < -0.4 is 31.1 Å². The Morgan fingerprint density at radius 2 is 1.72 bits per heavy atom. The summed E-state index contributed by atoms with van der Waals surface area (Å²) in [5.41, 5.74) is 1.45. The summed E-state index contributed by atoms with van der Waals surface area (Å²) in [6, 6.07) is 5.08. The fourth-order valence-corrected chi connectivity index (χ4v) is 10.8. The zero-order valence-corrected chi connectivity index (χ0v) is 36.6. The summed E-state index contributed by atoms with van der Waals surface area (Å²) in [7, 11) is 1.69. The number of nitrogens with zero attached hydrogens (tertiary/aromatic N) is 7. The third kappa shape index (κ3) is 7.73. The van der Waals surface area contributed by atoms with E-state index in [-0.39, 0.29) is 64.0 Å². The number of carbonyl (C=O) groups is 2. The summed E-state index contributed by atoms with van der Waals surface area (Å²) >= 11 is 6.60. The van der Waals surface area contributed by atoms with Crippen molar-refractivity contribution >= 4 is 68.4 Å². The van der Waals surface area contributed by atoms with Crippen LogP contribution in [0.2, 0.25) is 5.02 Å². The van der Waals surface area contributed by atoms with Crippen LogP contribution in [-0.2, 0) is 16.6 Å². The molecule has 5 aromatic rings. The number of likely N-dealkylation sites (tertiary alicyclic amines) is 1. The van der Waals surface area contributed by atoms with E-state index in [1.807, 2.05) is 12.1 Å². The van der Waals surface area contributed by atoms with Gasteiger partial charge in [0.05, 0.1) is 40.7 Å². The molecule has 14 nitrogen and oxygen atoms in total. The molecule has 2 unspecified atom stereocenters. The number of hydrogen-bond donors (Lipinski definition) is 3. The molecule has 7 heterocycles. The number of aromatic nitrogens is 5. The number of imide groups is 1. The molecule has 19 heteroatoms. The Morgan fingerprint density at radius 1 is 0.954 bits per heavy atom. The summed E-state index contributed by atoms with van der Waals surface area (Å²) in [5, 5.41) is 14.1. The number of benzene rings is 2. The fourth-order valence-electron chi connectivity index (χ4n) is 10.6. The van der Waals surface area contributed by atoms with Gasteiger partial charge in [-0.2, -0.15) is 10.1 Å². The maximum atomic E-state index is 16.2. The van der Waals surface area contributed by atoms with Gasteiger partial charge in [0, 0.05) is 56.0 Å². The van der Waals surface area contributed by atoms with Gasteiger partial charge in [0.1, 0.15) is 16.4 Å². The molecule has 65 heavy (non-hydrogen) atoms. The van der Waals surface area contributed by atoms with Gasteiger partial charge in [0.2, 0.25) is 23.5 Å². The Kier molecular flexibility index (Phi) is 10.5. The summed E-state index contributed by atoms with van der Waals surface area (Å²) in [6.45, 7) is 3.08. The number of anilines is 4. The number of amides is 2. The zero-order chi connectivity index (χ0) is 44.9. The molecular formula is C46H49ClF4N10O4. The average Bonchev–Trinajstić information content (AvgIpc) is 4.23. The van der Waals surface area contributed by atoms with E-state index in [1.54, 1.807) is 7.05 Å². The minimum Gasteiger partial charge on any atom is -0.480 e. The SMILES string of the molecule is Cn1nc(C2CCC(=O)NC2=O)c2ccc(C3CCN(CC4CCN(c5ncc(Cl)c(Nc6cc7c8c(c(=O)n(C9CC9)c7cc6F)OCC(F)(F)C(C6CC6)N8)n5)CC4)CC3)c(F)c21. The van der Waals surface area contributed by atoms with Crippen LogP contribution in [0.4, 0.5) is 40.7 Å². The molecule has 2 saturated carbocycles. The number of alkyl halides is 2. The summed E-state index contributed by atoms with van der Waals surface area (Å²) in [4.78, 5) is 51.8. The van der Waals surface area contributed by atoms with E-state index in [0.717, 1.165) is 45.3 Å². The van der Waals surface area contributed by atoms with Crippen molar-refractivity contribution in [3.05, 3.63) is 68.7 Å². The lowest BCUT2D eigenvalue weighted by Gasteiger charge is -2.38. The van der Waals surface area contributed by atoms with Gasteiger partial charge in [-0.25, -0.2) is 22.5 Å². The summed E-state index contributed by atoms with van der Waals surface area (Å²) in [5.74, 6) is -4.80. The molecular weight excluding hydrogens is 868 g/mol. The van der Waals surface area contributed by atoms with Crippen molar-refractivity contribution in [1.82, 2.24) is 34.5 Å². The minimum atomic E-state index is -3.21. The average molecular weight is 917 g/mol. The Balaban J connectivity index is 0.746. The molecule has 0 spiro atoms. The van der Waals surface area contributed by atoms with Gasteiger partial charge in [-0.05, 0) is 100 Å². The smallest absolute Gasteiger partial charge is 0.301 e. The first kappa shape index (κ1) is 42.2. The van der Waals surface area contributed by atoms with Crippen LogP contribution in [0.3, 0.4) is 0 Å². The highest BCUT2D eigenvalue weighted by atomic mass is 35.5. The van der Waals surface area contributed by atoms with Crippen molar-refractivity contribution in [2.45, 2.75) is 94.1 Å². The molecule has 4 aliphatic heterocycles. The van der Waals surface area contributed by atoms with Crippen LogP contribution in [0, 0.1) is 23.5 Å². The number of fused-ring (bicyclic) bond motifs is 4. The molecule has 11 rings (SSSR count). The van der Waals surface area contributed by atoms with Gasteiger partial charge in [-0.1, -0.05) is 23.7 Å². The second kappa shape index (κ2) is 16.1. The quantitative estimate of drug-likeness (QED) is 0.0995. The molecule has 342 valence electrons. The number of ether oxygens (including phenoxy) is 1. The fraction of sp³-hybridized carbons (Fsp3) is 0.522. The molecule has 2 aliphatic carbocycles. The summed E-state index contributed by atoms with van der Waals surface area (Å²) < 4.78 is 71.5. The Morgan fingerprint density at radius 3 is 2.45 bits per heavy atom. The van der Waals surface area contributed by atoms with Gasteiger partial charge in [0.25, 0.3) is 5.56 Å². The van der Waals surface area contributed by atoms with E-state index in [0.29, 0.717) is 90.1 Å². The van der Waals surface area contributed by atoms with Crippen molar-refractivity contribution in [3.63, 3.8) is 0 Å². The first-order valence-corrected chi connectivity index (χ1v) is 23.1. The molecule has 2 aromatic carbocycles. The minimum absolute atomic E-state index is 0.00897. The van der Waals surface area contributed by atoms with E-state index in [9.17, 15) is 14.4 Å². The van der Waals surface area contributed by atoms with Crippen molar-refractivity contribution in [3.8, 4) is 5.75 Å². The number of piperidine rings is 3. The molecule has 2 amide bonds. The van der Waals surface area contributed by atoms with Crippen molar-refractivity contribution in [2.75, 3.05) is 54.9 Å². The predicted molar refractivity (Wildman–Crippen MR) is 236 cm³/mol. The van der Waals surface area contributed by atoms with Gasteiger partial charge in [-0.15, -0.1) is 0 Å². The van der Waals surface area contributed by atoms with Crippen molar-refractivity contribution < 1.29 is 31.9 Å². The monoisotopic (exact) mass is 916 g/mol. The van der Waals surface area contributed by atoms with Crippen LogP contribution in [0.25, 0.3) is 21.8 Å². The number of rotatable bonds is 9. The van der Waals surface area contributed by atoms with E-state index < -0.39 is 41.8 Å². The third-order valence-electron chi connectivity index (χ3n) is 14.4. The highest BCUT2D eigenvalue weighted by molar-refractivity contribution is 6.33. The second-order valence-electron chi connectivity index (χ2n) is 18.8. The normalized spacial score (nSPS) is 23.3. The van der Waals surface area contributed by atoms with E-state index in [1.165, 1.54) is 27.6 Å². The molecule has 5 fully saturated rings. The van der Waals surface area contributed by atoms with Gasteiger partial charge in [0.15, 0.2) is 18.2 Å². The van der Waals surface area contributed by atoms with Gasteiger partial charge >= 0.3 is 5.92 Å².